The highest BCUT2D eigenvalue weighted by Gasteiger charge is 2.15. The van der Waals surface area contributed by atoms with Crippen molar-refractivity contribution in [3.8, 4) is 0 Å². The van der Waals surface area contributed by atoms with Gasteiger partial charge < -0.3 is 9.67 Å². The zero-order valence-corrected chi connectivity index (χ0v) is 19.1. The highest BCUT2D eigenvalue weighted by molar-refractivity contribution is 7.89. The van der Waals surface area contributed by atoms with E-state index < -0.39 is 21.8 Å². The molecule has 2 N–H and O–H groups in total. The van der Waals surface area contributed by atoms with Crippen LogP contribution in [0.15, 0.2) is 71.9 Å². The van der Waals surface area contributed by atoms with Gasteiger partial charge in [-0.2, -0.15) is 0 Å². The summed E-state index contributed by atoms with van der Waals surface area (Å²) in [7, 11) is -1.82. The van der Waals surface area contributed by atoms with Crippen LogP contribution in [0.1, 0.15) is 36.2 Å². The van der Waals surface area contributed by atoms with Gasteiger partial charge in [-0.3, -0.25) is 9.78 Å². The van der Waals surface area contributed by atoms with Crippen molar-refractivity contribution in [2.45, 2.75) is 30.6 Å². The van der Waals surface area contributed by atoms with Gasteiger partial charge in [-0.1, -0.05) is 12.1 Å². The Bertz CT molecular complexity index is 1220. The van der Waals surface area contributed by atoms with Crippen molar-refractivity contribution in [3.63, 3.8) is 0 Å². The average Bonchev–Trinajstić information content (AvgIpc) is 3.14. The lowest BCUT2D eigenvalue weighted by Gasteiger charge is -2.12. The molecule has 3 aromatic rings. The lowest BCUT2D eigenvalue weighted by atomic mass is 10.0. The van der Waals surface area contributed by atoms with E-state index in [0.717, 1.165) is 34.7 Å². The summed E-state index contributed by atoms with van der Waals surface area (Å²) >= 11 is 0. The van der Waals surface area contributed by atoms with Crippen LogP contribution in [0.3, 0.4) is 0 Å². The highest BCUT2D eigenvalue weighted by atomic mass is 32.2. The predicted molar refractivity (Wildman–Crippen MR) is 124 cm³/mol. The van der Waals surface area contributed by atoms with E-state index in [9.17, 15) is 17.6 Å². The van der Waals surface area contributed by atoms with Crippen molar-refractivity contribution in [2.24, 2.45) is 7.05 Å². The molecule has 33 heavy (non-hydrogen) atoms. The van der Waals surface area contributed by atoms with Gasteiger partial charge in [-0.05, 0) is 55.3 Å². The minimum Gasteiger partial charge on any atom is -0.481 e. The number of rotatable bonds is 11. The second-order valence-electron chi connectivity index (χ2n) is 7.52. The first-order chi connectivity index (χ1) is 15.8. The first-order valence-corrected chi connectivity index (χ1v) is 12.0. The summed E-state index contributed by atoms with van der Waals surface area (Å²) in [4.78, 5) is 15.0. The highest BCUT2D eigenvalue weighted by Crippen LogP contribution is 2.26. The molecule has 0 saturated carbocycles. The summed E-state index contributed by atoms with van der Waals surface area (Å²) in [5.74, 6) is -1.32. The number of carboxylic acids is 1. The van der Waals surface area contributed by atoms with Gasteiger partial charge in [0.15, 0.2) is 0 Å². The van der Waals surface area contributed by atoms with E-state index in [2.05, 4.69) is 9.71 Å². The first kappa shape index (κ1) is 24.3. The number of carbonyl (C=O) groups is 1. The van der Waals surface area contributed by atoms with Crippen molar-refractivity contribution in [1.82, 2.24) is 14.3 Å². The van der Waals surface area contributed by atoms with Gasteiger partial charge in [-0.25, -0.2) is 17.5 Å². The molecule has 0 radical (unpaired) electrons. The molecule has 9 heteroatoms. The number of hydrogen-bond acceptors (Lipinski definition) is 4. The van der Waals surface area contributed by atoms with Crippen molar-refractivity contribution >= 4 is 21.6 Å². The van der Waals surface area contributed by atoms with Gasteiger partial charge >= 0.3 is 5.97 Å². The molecule has 2 aromatic heterocycles. The fraction of sp³-hybridized carbons (Fsp3) is 0.250. The van der Waals surface area contributed by atoms with E-state index >= 15 is 0 Å². The molecule has 0 aliphatic heterocycles. The van der Waals surface area contributed by atoms with Crippen LogP contribution in [0.2, 0.25) is 0 Å². The average molecular weight is 472 g/mol. The maximum absolute atomic E-state index is 13.1. The summed E-state index contributed by atoms with van der Waals surface area (Å²) in [6.45, 7) is 0.182. The van der Waals surface area contributed by atoms with Crippen LogP contribution in [0, 0.1) is 5.82 Å². The third-order valence-corrected chi connectivity index (χ3v) is 6.69. The van der Waals surface area contributed by atoms with Gasteiger partial charge in [0.2, 0.25) is 10.0 Å². The molecule has 2 heterocycles. The Hall–Kier alpha value is -3.30. The summed E-state index contributed by atoms with van der Waals surface area (Å²) in [5, 5.41) is 8.88. The van der Waals surface area contributed by atoms with Crippen LogP contribution in [0.5, 0.6) is 0 Å². The van der Waals surface area contributed by atoms with Crippen molar-refractivity contribution in [2.75, 3.05) is 6.54 Å². The fourth-order valence-corrected chi connectivity index (χ4v) is 4.51. The third kappa shape index (κ3) is 6.59. The maximum Gasteiger partial charge on any atom is 0.303 e. The Morgan fingerprint density at radius 2 is 1.94 bits per heavy atom. The van der Waals surface area contributed by atoms with E-state index in [4.69, 9.17) is 5.11 Å². The number of allylic oxidation sites excluding steroid dienone is 1. The summed E-state index contributed by atoms with van der Waals surface area (Å²) < 4.78 is 42.4. The molecule has 7 nitrogen and oxygen atoms in total. The molecule has 0 fully saturated rings. The predicted octanol–water partition coefficient (Wildman–Crippen LogP) is 3.77. The second-order valence-corrected chi connectivity index (χ2v) is 9.28. The zero-order chi connectivity index (χ0) is 23.8. The van der Waals surface area contributed by atoms with Gasteiger partial charge in [0.25, 0.3) is 0 Å². The van der Waals surface area contributed by atoms with E-state index in [1.165, 1.54) is 12.1 Å². The number of halogens is 1. The van der Waals surface area contributed by atoms with Crippen LogP contribution in [0.4, 0.5) is 4.39 Å². The number of aromatic nitrogens is 2. The molecule has 0 aliphatic rings. The molecule has 174 valence electrons. The third-order valence-electron chi connectivity index (χ3n) is 5.21. The van der Waals surface area contributed by atoms with Gasteiger partial charge in [0.1, 0.15) is 5.82 Å². The number of carboxylic acid groups (broad SMARTS) is 1. The van der Waals surface area contributed by atoms with Crippen LogP contribution >= 0.6 is 0 Å². The SMILES string of the molecule is Cn1c(CCNS(=O)(=O)c2ccc(F)cc2)ccc1/C(=C/CCCC(=O)O)c1cccnc1. The molecule has 0 bridgehead atoms. The van der Waals surface area contributed by atoms with Crippen molar-refractivity contribution < 1.29 is 22.7 Å². The Labute approximate surface area is 192 Å². The van der Waals surface area contributed by atoms with Crippen LogP contribution in [-0.4, -0.2) is 35.6 Å². The minimum absolute atomic E-state index is 0.0135. The van der Waals surface area contributed by atoms with E-state index in [0.29, 0.717) is 19.3 Å². The monoisotopic (exact) mass is 471 g/mol. The van der Waals surface area contributed by atoms with E-state index in [1.807, 2.05) is 42.0 Å². The summed E-state index contributed by atoms with van der Waals surface area (Å²) in [6, 6.07) is 12.4. The lowest BCUT2D eigenvalue weighted by molar-refractivity contribution is -0.137. The second kappa shape index (κ2) is 11.0. The Morgan fingerprint density at radius 1 is 1.18 bits per heavy atom. The molecule has 3 rings (SSSR count). The standard InChI is InChI=1S/C24H26FN3O4S/c1-28-20(14-16-27-33(31,32)21-11-8-19(25)9-12-21)10-13-23(28)22(6-2-3-7-24(29)30)18-5-4-15-26-17-18/h4-6,8-13,15,17,27H,2-3,7,14,16H2,1H3,(H,29,30)/b22-6+. The molecular formula is C24H26FN3O4S. The minimum atomic E-state index is -3.73. The maximum atomic E-state index is 13.1. The Balaban J connectivity index is 1.73. The molecule has 0 amide bonds. The number of hydrogen-bond donors (Lipinski definition) is 2. The fourth-order valence-electron chi connectivity index (χ4n) is 3.48. The normalized spacial score (nSPS) is 12.1. The molecule has 0 saturated heterocycles. The quantitative estimate of drug-likeness (QED) is 0.415. The van der Waals surface area contributed by atoms with Gasteiger partial charge in [0.05, 0.1) is 4.90 Å². The molecule has 0 spiro atoms. The molecule has 0 atom stereocenters. The molecule has 0 aliphatic carbocycles. The number of nitrogens with zero attached hydrogens (tertiary/aromatic N) is 2. The molecule has 1 aromatic carbocycles. The van der Waals surface area contributed by atoms with E-state index in [1.54, 1.807) is 12.4 Å². The zero-order valence-electron chi connectivity index (χ0n) is 18.2. The first-order valence-electron chi connectivity index (χ1n) is 10.5. The smallest absolute Gasteiger partial charge is 0.303 e. The Kier molecular flexibility index (Phi) is 8.13. The lowest BCUT2D eigenvalue weighted by Crippen LogP contribution is -2.26. The van der Waals surface area contributed by atoms with Crippen LogP contribution in [-0.2, 0) is 28.3 Å². The largest absolute Gasteiger partial charge is 0.481 e. The van der Waals surface area contributed by atoms with Crippen LogP contribution in [0.25, 0.3) is 5.57 Å². The number of benzene rings is 1. The summed E-state index contributed by atoms with van der Waals surface area (Å²) in [5.41, 5.74) is 3.70. The number of unbranched alkanes of at least 4 members (excludes halogenated alkanes) is 1. The number of pyridine rings is 1. The number of aliphatic carboxylic acids is 1. The Morgan fingerprint density at radius 3 is 2.61 bits per heavy atom. The van der Waals surface area contributed by atoms with Crippen LogP contribution < -0.4 is 4.72 Å². The molecule has 0 unspecified atom stereocenters. The van der Waals surface area contributed by atoms with E-state index in [-0.39, 0.29) is 17.9 Å². The van der Waals surface area contributed by atoms with Crippen molar-refractivity contribution in [3.05, 3.63) is 89.8 Å². The number of sulfonamides is 1. The number of nitrogens with one attached hydrogen (secondary N) is 1. The van der Waals surface area contributed by atoms with Crippen molar-refractivity contribution in [1.29, 1.82) is 0 Å². The summed E-state index contributed by atoms with van der Waals surface area (Å²) in [6.07, 6.45) is 7.15. The molecular weight excluding hydrogens is 445 g/mol. The van der Waals surface area contributed by atoms with Gasteiger partial charge in [0, 0.05) is 61.4 Å². The topological polar surface area (TPSA) is 101 Å². The van der Waals surface area contributed by atoms with Gasteiger partial charge in [-0.15, -0.1) is 0 Å².